The molecule has 4 nitrogen and oxygen atoms in total. The lowest BCUT2D eigenvalue weighted by molar-refractivity contribution is 0.0625. The van der Waals surface area contributed by atoms with E-state index in [0.29, 0.717) is 11.8 Å². The highest BCUT2D eigenvalue weighted by atomic mass is 16.5. The van der Waals surface area contributed by atoms with E-state index in [2.05, 4.69) is 16.9 Å². The first-order valence-electron chi connectivity index (χ1n) is 5.58. The summed E-state index contributed by atoms with van der Waals surface area (Å²) >= 11 is 0. The van der Waals surface area contributed by atoms with Crippen molar-refractivity contribution >= 4 is 5.69 Å². The van der Waals surface area contributed by atoms with Gasteiger partial charge in [0.25, 0.3) is 0 Å². The Balaban J connectivity index is 2.28. The molecule has 1 aromatic rings. The van der Waals surface area contributed by atoms with E-state index in [4.69, 9.17) is 10.5 Å². The number of aromatic nitrogens is 1. The summed E-state index contributed by atoms with van der Waals surface area (Å²) in [5, 5.41) is 0. The Morgan fingerprint density at radius 2 is 2.19 bits per heavy atom. The fourth-order valence-electron chi connectivity index (χ4n) is 1.33. The van der Waals surface area contributed by atoms with Crippen LogP contribution in [-0.2, 0) is 11.3 Å². The third kappa shape index (κ3) is 5.09. The molecule has 0 aliphatic heterocycles. The number of nitrogen functional groups attached to an aromatic ring is 1. The lowest BCUT2D eigenvalue weighted by atomic mass is 10.3. The number of anilines is 1. The number of hydrogen-bond donors (Lipinski definition) is 1. The maximum atomic E-state index is 5.57. The predicted molar refractivity (Wildman–Crippen MR) is 66.1 cm³/mol. The Morgan fingerprint density at radius 1 is 1.44 bits per heavy atom. The van der Waals surface area contributed by atoms with Crippen LogP contribution in [0.1, 0.15) is 19.5 Å². The van der Waals surface area contributed by atoms with Gasteiger partial charge >= 0.3 is 0 Å². The van der Waals surface area contributed by atoms with E-state index in [1.54, 1.807) is 6.20 Å². The van der Waals surface area contributed by atoms with Crippen LogP contribution in [0.3, 0.4) is 0 Å². The fourth-order valence-corrected chi connectivity index (χ4v) is 1.33. The van der Waals surface area contributed by atoms with Gasteiger partial charge in [0.1, 0.15) is 0 Å². The molecule has 0 bridgehead atoms. The molecule has 0 fully saturated rings. The topological polar surface area (TPSA) is 51.4 Å². The molecule has 0 aliphatic rings. The van der Waals surface area contributed by atoms with Crippen molar-refractivity contribution in [3.63, 3.8) is 0 Å². The molecule has 0 saturated carbocycles. The van der Waals surface area contributed by atoms with Crippen molar-refractivity contribution in [2.75, 3.05) is 25.9 Å². The third-order valence-corrected chi connectivity index (χ3v) is 2.20. The molecule has 1 heterocycles. The van der Waals surface area contributed by atoms with Crippen molar-refractivity contribution in [2.24, 2.45) is 0 Å². The quantitative estimate of drug-likeness (QED) is 0.794. The molecule has 16 heavy (non-hydrogen) atoms. The molecule has 2 N–H and O–H groups in total. The van der Waals surface area contributed by atoms with Crippen LogP contribution in [0.4, 0.5) is 5.69 Å². The summed E-state index contributed by atoms with van der Waals surface area (Å²) in [6.45, 7) is 6.57. The van der Waals surface area contributed by atoms with Crippen LogP contribution < -0.4 is 5.73 Å². The second-order valence-electron chi connectivity index (χ2n) is 4.24. The molecule has 0 aliphatic carbocycles. The summed E-state index contributed by atoms with van der Waals surface area (Å²) in [5.41, 5.74) is 7.31. The van der Waals surface area contributed by atoms with Crippen molar-refractivity contribution in [3.8, 4) is 0 Å². The predicted octanol–water partition coefficient (Wildman–Crippen LogP) is 1.52. The van der Waals surface area contributed by atoms with E-state index in [-0.39, 0.29) is 0 Å². The van der Waals surface area contributed by atoms with Crippen LogP contribution in [0.5, 0.6) is 0 Å². The molecule has 0 aromatic carbocycles. The van der Waals surface area contributed by atoms with Gasteiger partial charge in [0.15, 0.2) is 0 Å². The SMILES string of the molecule is CC(C)OCCN(C)Cc1ccc(N)cn1. The van der Waals surface area contributed by atoms with Gasteiger partial charge in [-0.1, -0.05) is 0 Å². The van der Waals surface area contributed by atoms with Gasteiger partial charge in [-0.15, -0.1) is 0 Å². The van der Waals surface area contributed by atoms with Crippen LogP contribution >= 0.6 is 0 Å². The first-order valence-corrected chi connectivity index (χ1v) is 5.58. The largest absolute Gasteiger partial charge is 0.397 e. The average Bonchev–Trinajstić information content (AvgIpc) is 2.21. The first-order chi connectivity index (χ1) is 7.58. The molecular weight excluding hydrogens is 202 g/mol. The van der Waals surface area contributed by atoms with Crippen LogP contribution in [-0.4, -0.2) is 36.2 Å². The monoisotopic (exact) mass is 223 g/mol. The molecule has 0 atom stereocenters. The van der Waals surface area contributed by atoms with E-state index in [1.807, 2.05) is 26.0 Å². The highest BCUT2D eigenvalue weighted by molar-refractivity contribution is 5.34. The maximum absolute atomic E-state index is 5.57. The molecule has 0 unspecified atom stereocenters. The second kappa shape index (κ2) is 6.45. The van der Waals surface area contributed by atoms with Crippen LogP contribution in [0.2, 0.25) is 0 Å². The number of pyridine rings is 1. The minimum absolute atomic E-state index is 0.294. The third-order valence-electron chi connectivity index (χ3n) is 2.20. The molecule has 90 valence electrons. The van der Waals surface area contributed by atoms with E-state index in [0.717, 1.165) is 25.4 Å². The second-order valence-corrected chi connectivity index (χ2v) is 4.24. The average molecular weight is 223 g/mol. The van der Waals surface area contributed by atoms with Crippen molar-refractivity contribution < 1.29 is 4.74 Å². The minimum Gasteiger partial charge on any atom is -0.397 e. The van der Waals surface area contributed by atoms with Crippen LogP contribution in [0.15, 0.2) is 18.3 Å². The molecule has 0 saturated heterocycles. The summed E-state index contributed by atoms with van der Waals surface area (Å²) in [6, 6.07) is 3.83. The van der Waals surface area contributed by atoms with Gasteiger partial charge in [-0.05, 0) is 33.0 Å². The summed E-state index contributed by atoms with van der Waals surface area (Å²) in [6.07, 6.45) is 1.98. The summed E-state index contributed by atoms with van der Waals surface area (Å²) in [7, 11) is 2.06. The van der Waals surface area contributed by atoms with E-state index in [9.17, 15) is 0 Å². The number of likely N-dealkylation sites (N-methyl/N-ethyl adjacent to an activating group) is 1. The van der Waals surface area contributed by atoms with Gasteiger partial charge in [-0.3, -0.25) is 9.88 Å². The lowest BCUT2D eigenvalue weighted by Crippen LogP contribution is -2.24. The Hall–Kier alpha value is -1.13. The summed E-state index contributed by atoms with van der Waals surface area (Å²) in [4.78, 5) is 6.44. The smallest absolute Gasteiger partial charge is 0.0596 e. The number of nitrogens with two attached hydrogens (primary N) is 1. The standard InChI is InChI=1S/C12H21N3O/c1-10(2)16-7-6-15(3)9-12-5-4-11(13)8-14-12/h4-5,8,10H,6-7,9,13H2,1-3H3. The Labute approximate surface area is 97.4 Å². The van der Waals surface area contributed by atoms with E-state index in [1.165, 1.54) is 0 Å². The number of ether oxygens (including phenoxy) is 1. The normalized spacial score (nSPS) is 11.3. The Morgan fingerprint density at radius 3 is 2.75 bits per heavy atom. The molecule has 1 aromatic heterocycles. The van der Waals surface area contributed by atoms with Crippen molar-refractivity contribution in [3.05, 3.63) is 24.0 Å². The molecule has 1 rings (SSSR count). The van der Waals surface area contributed by atoms with Gasteiger partial charge in [0.05, 0.1) is 30.3 Å². The lowest BCUT2D eigenvalue weighted by Gasteiger charge is -2.17. The van der Waals surface area contributed by atoms with Crippen LogP contribution in [0, 0.1) is 0 Å². The number of nitrogens with zero attached hydrogens (tertiary/aromatic N) is 2. The zero-order chi connectivity index (χ0) is 12.0. The zero-order valence-electron chi connectivity index (χ0n) is 10.3. The molecular formula is C12H21N3O. The molecule has 0 radical (unpaired) electrons. The van der Waals surface area contributed by atoms with Crippen molar-refractivity contribution in [1.29, 1.82) is 0 Å². The van der Waals surface area contributed by atoms with Gasteiger partial charge < -0.3 is 10.5 Å². The molecule has 4 heteroatoms. The summed E-state index contributed by atoms with van der Waals surface area (Å²) in [5.74, 6) is 0. The van der Waals surface area contributed by atoms with Crippen LogP contribution in [0.25, 0.3) is 0 Å². The highest BCUT2D eigenvalue weighted by Gasteiger charge is 2.02. The van der Waals surface area contributed by atoms with Gasteiger partial charge in [-0.25, -0.2) is 0 Å². The minimum atomic E-state index is 0.294. The van der Waals surface area contributed by atoms with Gasteiger partial charge in [-0.2, -0.15) is 0 Å². The Kier molecular flexibility index (Phi) is 5.22. The summed E-state index contributed by atoms with van der Waals surface area (Å²) < 4.78 is 5.49. The maximum Gasteiger partial charge on any atom is 0.0596 e. The number of hydrogen-bond acceptors (Lipinski definition) is 4. The first kappa shape index (κ1) is 12.9. The van der Waals surface area contributed by atoms with E-state index < -0.39 is 0 Å². The van der Waals surface area contributed by atoms with E-state index >= 15 is 0 Å². The Bertz CT molecular complexity index is 298. The van der Waals surface area contributed by atoms with Gasteiger partial charge in [0, 0.05) is 13.1 Å². The number of rotatable bonds is 6. The molecule has 0 amide bonds. The fraction of sp³-hybridized carbons (Fsp3) is 0.583. The molecule has 0 spiro atoms. The zero-order valence-corrected chi connectivity index (χ0v) is 10.3. The van der Waals surface area contributed by atoms with Gasteiger partial charge in [0.2, 0.25) is 0 Å². The van der Waals surface area contributed by atoms with Crippen molar-refractivity contribution in [2.45, 2.75) is 26.5 Å². The van der Waals surface area contributed by atoms with Crippen molar-refractivity contribution in [1.82, 2.24) is 9.88 Å². The highest BCUT2D eigenvalue weighted by Crippen LogP contribution is 2.03.